The van der Waals surface area contributed by atoms with E-state index in [1.165, 1.54) is 0 Å². The minimum Gasteiger partial charge on any atom is -0.484 e. The molecule has 0 aliphatic carbocycles. The quantitative estimate of drug-likeness (QED) is 0.833. The van der Waals surface area contributed by atoms with Crippen molar-refractivity contribution in [1.29, 1.82) is 0 Å². The van der Waals surface area contributed by atoms with Crippen LogP contribution in [0.4, 0.5) is 0 Å². The predicted octanol–water partition coefficient (Wildman–Crippen LogP) is 2.88. The average Bonchev–Trinajstić information content (AvgIpc) is 3.19. The number of aliphatic imine (C=N–C) groups is 1. The van der Waals surface area contributed by atoms with Crippen molar-refractivity contribution in [3.63, 3.8) is 0 Å². The molecule has 0 radical (unpaired) electrons. The molecule has 1 spiro atoms. The van der Waals surface area contributed by atoms with Gasteiger partial charge < -0.3 is 19.9 Å². The van der Waals surface area contributed by atoms with Gasteiger partial charge in [0.15, 0.2) is 5.54 Å². The van der Waals surface area contributed by atoms with Crippen LogP contribution in [-0.2, 0) is 15.0 Å². The van der Waals surface area contributed by atoms with Crippen molar-refractivity contribution in [3.05, 3.63) is 47.2 Å². The molecule has 6 nitrogen and oxygen atoms in total. The minimum absolute atomic E-state index is 0.186. The van der Waals surface area contributed by atoms with Crippen LogP contribution in [0, 0.1) is 0 Å². The summed E-state index contributed by atoms with van der Waals surface area (Å²) in [6.45, 7) is 3.03. The lowest BCUT2D eigenvalue weighted by Crippen LogP contribution is -2.57. The highest BCUT2D eigenvalue weighted by molar-refractivity contribution is 6.30. The third kappa shape index (κ3) is 2.15. The predicted molar refractivity (Wildman–Crippen MR) is 97.3 cm³/mol. The Labute approximate surface area is 155 Å². The van der Waals surface area contributed by atoms with Gasteiger partial charge in [0.05, 0.1) is 11.6 Å². The Morgan fingerprint density at radius 2 is 2.12 bits per heavy atom. The molecule has 3 aliphatic heterocycles. The lowest BCUT2D eigenvalue weighted by Gasteiger charge is -2.45. The lowest BCUT2D eigenvalue weighted by molar-refractivity contribution is -0.0755. The van der Waals surface area contributed by atoms with Crippen molar-refractivity contribution in [2.75, 3.05) is 13.2 Å². The number of nitrogens with two attached hydrogens (primary N) is 1. The Morgan fingerprint density at radius 1 is 1.23 bits per heavy atom. The Kier molecular flexibility index (Phi) is 3.27. The van der Waals surface area contributed by atoms with Gasteiger partial charge >= 0.3 is 0 Å². The third-order valence-electron chi connectivity index (χ3n) is 5.45. The number of nitrogens with zero attached hydrogens (tertiary/aromatic N) is 2. The summed E-state index contributed by atoms with van der Waals surface area (Å²) in [5.41, 5.74) is 7.55. The van der Waals surface area contributed by atoms with Crippen molar-refractivity contribution in [2.45, 2.75) is 30.6 Å². The number of benzene rings is 1. The Morgan fingerprint density at radius 3 is 2.88 bits per heavy atom. The number of aromatic nitrogens is 1. The van der Waals surface area contributed by atoms with Gasteiger partial charge in [0.25, 0.3) is 6.02 Å². The van der Waals surface area contributed by atoms with Gasteiger partial charge in [-0.05, 0) is 30.7 Å². The second-order valence-electron chi connectivity index (χ2n) is 7.18. The zero-order chi connectivity index (χ0) is 17.9. The summed E-state index contributed by atoms with van der Waals surface area (Å²) in [6, 6.07) is 8.09. The van der Waals surface area contributed by atoms with Gasteiger partial charge in [-0.1, -0.05) is 17.7 Å². The van der Waals surface area contributed by atoms with Crippen LogP contribution < -0.4 is 10.5 Å². The van der Waals surface area contributed by atoms with Crippen LogP contribution in [-0.4, -0.2) is 35.9 Å². The highest BCUT2D eigenvalue weighted by atomic mass is 35.5. The average molecular weight is 372 g/mol. The van der Waals surface area contributed by atoms with E-state index in [0.717, 1.165) is 28.9 Å². The largest absolute Gasteiger partial charge is 0.484 e. The van der Waals surface area contributed by atoms with Gasteiger partial charge in [-0.15, -0.1) is 0 Å². The molecule has 0 bridgehead atoms. The molecular formula is C19H18ClN3O3. The number of amidine groups is 1. The molecule has 134 valence electrons. The fourth-order valence-electron chi connectivity index (χ4n) is 4.25. The number of pyridine rings is 1. The summed E-state index contributed by atoms with van der Waals surface area (Å²) in [4.78, 5) is 8.86. The maximum absolute atomic E-state index is 6.35. The van der Waals surface area contributed by atoms with Crippen molar-refractivity contribution < 1.29 is 14.2 Å². The number of ether oxygens (including phenoxy) is 3. The summed E-state index contributed by atoms with van der Waals surface area (Å²) < 4.78 is 18.0. The Balaban J connectivity index is 1.71. The fraction of sp³-hybridized carbons (Fsp3) is 0.368. The van der Waals surface area contributed by atoms with E-state index in [4.69, 9.17) is 31.5 Å². The highest BCUT2D eigenvalue weighted by Crippen LogP contribution is 2.53. The van der Waals surface area contributed by atoms with Crippen molar-refractivity contribution >= 4 is 17.6 Å². The molecule has 2 N–H and O–H groups in total. The summed E-state index contributed by atoms with van der Waals surface area (Å²) in [5.74, 6) is 0.787. The second-order valence-corrected chi connectivity index (χ2v) is 7.62. The summed E-state index contributed by atoms with van der Waals surface area (Å²) in [6.07, 6.45) is 3.94. The molecule has 0 amide bonds. The van der Waals surface area contributed by atoms with Crippen LogP contribution in [0.3, 0.4) is 0 Å². The SMILES string of the molecule is C[C@@]12CCO[C@@H]1C1(COC(N)=N1)c1cc(-c3cncc(Cl)c3)ccc1O2. The summed E-state index contributed by atoms with van der Waals surface area (Å²) in [7, 11) is 0. The molecule has 1 unspecified atom stereocenters. The van der Waals surface area contributed by atoms with Crippen LogP contribution in [0.5, 0.6) is 5.75 Å². The molecule has 1 aromatic carbocycles. The molecular weight excluding hydrogens is 354 g/mol. The molecule has 0 saturated carbocycles. The van der Waals surface area contributed by atoms with E-state index < -0.39 is 11.1 Å². The number of fused-ring (bicyclic) bond motifs is 4. The topological polar surface area (TPSA) is 79.0 Å². The van der Waals surface area contributed by atoms with Gasteiger partial charge in [0.2, 0.25) is 0 Å². The molecule has 1 saturated heterocycles. The first-order valence-electron chi connectivity index (χ1n) is 8.54. The van der Waals surface area contributed by atoms with Crippen molar-refractivity contribution in [3.8, 4) is 16.9 Å². The van der Waals surface area contributed by atoms with E-state index in [-0.39, 0.29) is 12.1 Å². The van der Waals surface area contributed by atoms with Crippen LogP contribution in [0.1, 0.15) is 18.9 Å². The molecule has 5 rings (SSSR count). The zero-order valence-electron chi connectivity index (χ0n) is 14.2. The van der Waals surface area contributed by atoms with E-state index in [1.54, 1.807) is 12.4 Å². The maximum Gasteiger partial charge on any atom is 0.283 e. The summed E-state index contributed by atoms with van der Waals surface area (Å²) in [5, 5.41) is 0.587. The Hall–Kier alpha value is -2.31. The zero-order valence-corrected chi connectivity index (χ0v) is 15.0. The molecule has 1 aromatic heterocycles. The van der Waals surface area contributed by atoms with E-state index in [0.29, 0.717) is 18.2 Å². The second kappa shape index (κ2) is 5.34. The monoisotopic (exact) mass is 371 g/mol. The van der Waals surface area contributed by atoms with E-state index in [9.17, 15) is 0 Å². The number of rotatable bonds is 1. The van der Waals surface area contributed by atoms with Gasteiger partial charge in [0.1, 0.15) is 24.1 Å². The van der Waals surface area contributed by atoms with Crippen LogP contribution in [0.25, 0.3) is 11.1 Å². The van der Waals surface area contributed by atoms with Crippen LogP contribution >= 0.6 is 11.6 Å². The van der Waals surface area contributed by atoms with Crippen molar-refractivity contribution in [2.24, 2.45) is 10.7 Å². The standard InChI is InChI=1S/C19H18ClN3O3/c1-18-4-5-24-16(18)19(10-25-17(21)23-19)14-7-11(2-3-15(14)26-18)12-6-13(20)9-22-8-12/h2-3,6-9,16H,4-5,10H2,1H3,(H2,21,23)/t16-,18+,19?/m0/s1. The highest BCUT2D eigenvalue weighted by Gasteiger charge is 2.62. The van der Waals surface area contributed by atoms with E-state index in [2.05, 4.69) is 23.0 Å². The normalized spacial score (nSPS) is 31.8. The Bertz CT molecular complexity index is 934. The van der Waals surface area contributed by atoms with Crippen LogP contribution in [0.15, 0.2) is 41.7 Å². The number of hydrogen-bond acceptors (Lipinski definition) is 6. The number of hydrogen-bond donors (Lipinski definition) is 1. The molecule has 7 heteroatoms. The fourth-order valence-corrected chi connectivity index (χ4v) is 4.42. The van der Waals surface area contributed by atoms with Gasteiger partial charge in [-0.3, -0.25) is 4.98 Å². The maximum atomic E-state index is 6.35. The molecule has 3 aliphatic rings. The van der Waals surface area contributed by atoms with Crippen LogP contribution in [0.2, 0.25) is 5.02 Å². The first-order valence-corrected chi connectivity index (χ1v) is 8.92. The molecule has 2 aromatic rings. The van der Waals surface area contributed by atoms with Gasteiger partial charge in [-0.25, -0.2) is 4.99 Å². The first kappa shape index (κ1) is 15.9. The minimum atomic E-state index is -0.703. The van der Waals surface area contributed by atoms with Crippen molar-refractivity contribution in [1.82, 2.24) is 4.98 Å². The van der Waals surface area contributed by atoms with Gasteiger partial charge in [-0.2, -0.15) is 0 Å². The van der Waals surface area contributed by atoms with E-state index >= 15 is 0 Å². The molecule has 1 fully saturated rings. The third-order valence-corrected chi connectivity index (χ3v) is 5.66. The first-order chi connectivity index (χ1) is 12.5. The molecule has 26 heavy (non-hydrogen) atoms. The van der Waals surface area contributed by atoms with Gasteiger partial charge in [0, 0.05) is 29.9 Å². The summed E-state index contributed by atoms with van der Waals surface area (Å²) >= 11 is 6.10. The van der Waals surface area contributed by atoms with E-state index in [1.807, 2.05) is 18.2 Å². The smallest absolute Gasteiger partial charge is 0.283 e. The molecule has 4 heterocycles. The lowest BCUT2D eigenvalue weighted by atomic mass is 9.74. The molecule has 3 atom stereocenters. The number of halogens is 1.